The van der Waals surface area contributed by atoms with Crippen molar-refractivity contribution >= 4 is 0 Å². The zero-order chi connectivity index (χ0) is 60.6. The molecule has 0 spiro atoms. The van der Waals surface area contributed by atoms with Gasteiger partial charge in [-0.2, -0.15) is 0 Å². The van der Waals surface area contributed by atoms with Gasteiger partial charge in [-0.25, -0.2) is 0 Å². The van der Waals surface area contributed by atoms with Gasteiger partial charge >= 0.3 is 0 Å². The van der Waals surface area contributed by atoms with E-state index in [-0.39, 0.29) is 47.2 Å². The summed E-state index contributed by atoms with van der Waals surface area (Å²) >= 11 is 0. The molecule has 6 heterocycles. The van der Waals surface area contributed by atoms with Gasteiger partial charge in [0.15, 0.2) is 37.2 Å². The molecule has 0 aromatic carbocycles. The molecule has 10 aliphatic rings. The van der Waals surface area contributed by atoms with Crippen LogP contribution in [0.5, 0.6) is 0 Å². The van der Waals surface area contributed by atoms with Crippen molar-refractivity contribution in [2.45, 2.75) is 257 Å². The Bertz CT molecular complexity index is 2140. The Balaban J connectivity index is 0.778. The number of hydrogen-bond acceptors (Lipinski definition) is 28. The zero-order valence-corrected chi connectivity index (χ0v) is 48.0. The first kappa shape index (κ1) is 65.8. The normalized spacial score (nSPS) is 55.4. The zero-order valence-electron chi connectivity index (χ0n) is 48.0. The Labute approximate surface area is 487 Å². The van der Waals surface area contributed by atoms with Crippen LogP contribution in [0.2, 0.25) is 0 Å². The van der Waals surface area contributed by atoms with E-state index in [0.717, 1.165) is 38.5 Å². The molecule has 6 aliphatic heterocycles. The first-order valence-electron chi connectivity index (χ1n) is 30.3. The number of aliphatic hydroxyl groups excluding tert-OH is 16. The van der Waals surface area contributed by atoms with Crippen LogP contribution in [0.4, 0.5) is 0 Å². The van der Waals surface area contributed by atoms with Crippen molar-refractivity contribution < 1.29 is 139 Å². The van der Waals surface area contributed by atoms with Crippen molar-refractivity contribution in [1.82, 2.24) is 0 Å². The molecular formula is C56H94O28. The molecule has 0 aromatic heterocycles. The van der Waals surface area contributed by atoms with Gasteiger partial charge in [0.05, 0.1) is 51.8 Å². The summed E-state index contributed by atoms with van der Waals surface area (Å²) in [6, 6.07) is 0. The topological polar surface area (TPSA) is 445 Å². The Morgan fingerprint density at radius 3 is 1.69 bits per heavy atom. The molecule has 36 atom stereocenters. The molecule has 10 fully saturated rings. The molecule has 0 aromatic rings. The summed E-state index contributed by atoms with van der Waals surface area (Å²) in [6.07, 6.45) is -32.7. The smallest absolute Gasteiger partial charge is 0.187 e. The van der Waals surface area contributed by atoms with E-state index in [1.54, 1.807) is 0 Å². The summed E-state index contributed by atoms with van der Waals surface area (Å²) in [7, 11) is 0. The van der Waals surface area contributed by atoms with Crippen LogP contribution in [0.15, 0.2) is 0 Å². The standard InChI is InChI=1S/C56H94O28/c1-21(19-74-49-42(69)38(65)36(63)30(15-57)77-49)7-12-56(73)22(2)34-29(84-56)14-27-25-6-5-23-13-24(8-10-54(23,3)26(25)9-11-55(27,34)4)76-53-45(72)48(83-51-43(70)39(66)37(64)31(16-58)78-51)47(33(18-60)80-53)82-52-44(71)40(67)46(32(17-59)79-52)81-50-41(68)35(62)28(61)20-75-50/h21-53,57-73H,5-20H2,1-4H3/t21-,22+,23-,24+,25+,26-,27-,28-,29+,30-,31-,32-,33-,34+,35+,36-,37-,38+,39+,40-,41-,42-,43-,44-,45-,46-,47-,48-,49-,50+,51+,52+,53-,54+,55+,56-/m1/s1. The Morgan fingerprint density at radius 1 is 0.512 bits per heavy atom. The van der Waals surface area contributed by atoms with Crippen molar-refractivity contribution in [3.05, 3.63) is 0 Å². The van der Waals surface area contributed by atoms with Crippen LogP contribution < -0.4 is 0 Å². The van der Waals surface area contributed by atoms with Crippen LogP contribution in [-0.4, -0.2) is 292 Å². The molecule has 0 unspecified atom stereocenters. The number of hydrogen-bond donors (Lipinski definition) is 17. The number of ether oxygens (including phenoxy) is 11. The van der Waals surface area contributed by atoms with Crippen molar-refractivity contribution in [2.24, 2.45) is 52.3 Å². The van der Waals surface area contributed by atoms with Gasteiger partial charge in [0.25, 0.3) is 0 Å². The third-order valence-electron chi connectivity index (χ3n) is 21.8. The van der Waals surface area contributed by atoms with Crippen LogP contribution in [0.3, 0.4) is 0 Å². The molecule has 0 radical (unpaired) electrons. The van der Waals surface area contributed by atoms with Crippen molar-refractivity contribution in [3.63, 3.8) is 0 Å². The molecule has 4 aliphatic carbocycles. The van der Waals surface area contributed by atoms with Gasteiger partial charge in [-0.1, -0.05) is 27.7 Å². The third-order valence-corrected chi connectivity index (χ3v) is 21.8. The summed E-state index contributed by atoms with van der Waals surface area (Å²) in [5.74, 6) is -0.0679. The minimum Gasteiger partial charge on any atom is -0.394 e. The molecule has 486 valence electrons. The second-order valence-corrected chi connectivity index (χ2v) is 26.6. The quantitative estimate of drug-likeness (QED) is 0.0569. The lowest BCUT2D eigenvalue weighted by molar-refractivity contribution is -0.396. The molecule has 17 N–H and O–H groups in total. The van der Waals surface area contributed by atoms with Gasteiger partial charge in [-0.05, 0) is 104 Å². The summed E-state index contributed by atoms with van der Waals surface area (Å²) in [5, 5.41) is 182. The molecule has 4 saturated carbocycles. The van der Waals surface area contributed by atoms with E-state index in [1.165, 1.54) is 0 Å². The van der Waals surface area contributed by atoms with Crippen LogP contribution in [-0.2, 0) is 52.1 Å². The maximum Gasteiger partial charge on any atom is 0.187 e. The molecular weight excluding hydrogens is 1120 g/mol. The average molecular weight is 1220 g/mol. The minimum absolute atomic E-state index is 0.0644. The highest BCUT2D eigenvalue weighted by atomic mass is 16.8. The Morgan fingerprint density at radius 2 is 1.05 bits per heavy atom. The van der Waals surface area contributed by atoms with Crippen LogP contribution >= 0.6 is 0 Å². The lowest BCUT2D eigenvalue weighted by Crippen LogP contribution is -2.68. The predicted molar refractivity (Wildman–Crippen MR) is 278 cm³/mol. The highest BCUT2D eigenvalue weighted by molar-refractivity contribution is 5.15. The lowest BCUT2D eigenvalue weighted by Gasteiger charge is -2.61. The molecule has 28 heteroatoms. The van der Waals surface area contributed by atoms with Gasteiger partial charge in [-0.15, -0.1) is 0 Å². The summed E-state index contributed by atoms with van der Waals surface area (Å²) < 4.78 is 65.8. The average Bonchev–Trinajstić information content (AvgIpc) is 1.64. The van der Waals surface area contributed by atoms with Gasteiger partial charge in [0, 0.05) is 12.3 Å². The highest BCUT2D eigenvalue weighted by Gasteiger charge is 2.69. The van der Waals surface area contributed by atoms with Crippen LogP contribution in [0.25, 0.3) is 0 Å². The Kier molecular flexibility index (Phi) is 20.6. The van der Waals surface area contributed by atoms with E-state index in [9.17, 15) is 86.8 Å². The number of rotatable bonds is 18. The van der Waals surface area contributed by atoms with E-state index in [0.29, 0.717) is 43.4 Å². The lowest BCUT2D eigenvalue weighted by atomic mass is 9.44. The van der Waals surface area contributed by atoms with Gasteiger partial charge in [0.2, 0.25) is 0 Å². The van der Waals surface area contributed by atoms with Gasteiger partial charge in [0.1, 0.15) is 116 Å². The monoisotopic (exact) mass is 1210 g/mol. The summed E-state index contributed by atoms with van der Waals surface area (Å²) in [6.45, 7) is 5.39. The summed E-state index contributed by atoms with van der Waals surface area (Å²) in [5.41, 5.74) is -0.139. The number of aliphatic hydroxyl groups is 17. The Hall–Kier alpha value is -1.12. The fourth-order valence-electron chi connectivity index (χ4n) is 16.9. The maximum absolute atomic E-state index is 12.3. The van der Waals surface area contributed by atoms with E-state index >= 15 is 0 Å². The van der Waals surface area contributed by atoms with Crippen LogP contribution in [0.1, 0.15) is 91.9 Å². The van der Waals surface area contributed by atoms with Gasteiger partial charge in [-0.3, -0.25) is 0 Å². The second-order valence-electron chi connectivity index (χ2n) is 26.6. The van der Waals surface area contributed by atoms with Crippen molar-refractivity contribution in [2.75, 3.05) is 39.6 Å². The van der Waals surface area contributed by atoms with E-state index in [2.05, 4.69) is 20.8 Å². The SMILES string of the molecule is C[C@H](CC[C@@]1(O)O[C@H]2C[C@@H]3[C@H]4CC[C@@H]5C[C@@H](O[C@@H]6O[C@H](CO)[C@@H](O[C@@H]7O[C@H](CO)[C@@H](O[C@@H]8OC[C@@H](O)[C@H](O)[C@H]8O)[C@H](O)[C@H]7O)[C@H](O[C@@H]7O[C@H](CO)[C@@H](O)[C@H](O)[C@H]7O)[C@H]6O)CC[C@]5(C)[C@@H]4CC[C@]3(C)[C@H]2[C@@H]1C)CO[C@@H]1O[C@H](CO)[C@@H](O)[C@H](O)[C@H]1O. The first-order valence-corrected chi connectivity index (χ1v) is 30.3. The minimum atomic E-state index is -2.03. The third kappa shape index (κ3) is 12.1. The largest absolute Gasteiger partial charge is 0.394 e. The fraction of sp³-hybridized carbons (Fsp3) is 1.00. The van der Waals surface area contributed by atoms with Crippen LogP contribution in [0, 0.1) is 52.3 Å². The van der Waals surface area contributed by atoms with E-state index in [4.69, 9.17) is 52.1 Å². The molecule has 10 rings (SSSR count). The van der Waals surface area contributed by atoms with Crippen molar-refractivity contribution in [3.8, 4) is 0 Å². The maximum atomic E-state index is 12.3. The molecule has 0 amide bonds. The second kappa shape index (κ2) is 26.2. The summed E-state index contributed by atoms with van der Waals surface area (Å²) in [4.78, 5) is 0. The predicted octanol–water partition coefficient (Wildman–Crippen LogP) is -5.49. The fourth-order valence-corrected chi connectivity index (χ4v) is 16.9. The highest BCUT2D eigenvalue weighted by Crippen LogP contribution is 2.71. The van der Waals surface area contributed by atoms with E-state index in [1.807, 2.05) is 6.92 Å². The molecule has 84 heavy (non-hydrogen) atoms. The molecule has 28 nitrogen and oxygen atoms in total. The molecule has 0 bridgehead atoms. The van der Waals surface area contributed by atoms with E-state index < -0.39 is 192 Å². The number of fused-ring (bicyclic) bond motifs is 7. The first-order chi connectivity index (χ1) is 39.8. The van der Waals surface area contributed by atoms with Crippen molar-refractivity contribution in [1.29, 1.82) is 0 Å². The van der Waals surface area contributed by atoms with Gasteiger partial charge < -0.3 is 139 Å². The molecule has 6 saturated heterocycles.